The lowest BCUT2D eigenvalue weighted by atomic mass is 10.0. The third-order valence-electron chi connectivity index (χ3n) is 11.7. The van der Waals surface area contributed by atoms with E-state index in [2.05, 4.69) is 129 Å². The third kappa shape index (κ3) is 51.6. The maximum Gasteiger partial charge on any atom is 0.220 e. The summed E-state index contributed by atoms with van der Waals surface area (Å²) in [4.78, 5) is 12.4. The van der Waals surface area contributed by atoms with E-state index in [1.165, 1.54) is 135 Å². The van der Waals surface area contributed by atoms with Gasteiger partial charge in [0.1, 0.15) is 0 Å². The van der Waals surface area contributed by atoms with Crippen molar-refractivity contribution in [3.05, 3.63) is 122 Å². The SMILES string of the molecule is CC/C=C\C/C=C\C/C=C\C/C=C\C/C=C\C/C=C\C/C=C\C/C=C\CCCCCCCCCCCCCCCCCCC(=O)NC(CO)C(O)/C=C/CC/C=C/CCCCCCCC. The number of amides is 1. The molecule has 1 amide bonds. The summed E-state index contributed by atoms with van der Waals surface area (Å²) >= 11 is 0. The molecule has 0 saturated carbocycles. The minimum atomic E-state index is -0.866. The smallest absolute Gasteiger partial charge is 0.220 e. The van der Waals surface area contributed by atoms with E-state index in [1.807, 2.05) is 6.08 Å². The normalized spacial score (nSPS) is 13.8. The Kier molecular flexibility index (Phi) is 52.4. The van der Waals surface area contributed by atoms with Gasteiger partial charge in [-0.05, 0) is 96.3 Å². The van der Waals surface area contributed by atoms with E-state index in [1.54, 1.807) is 6.08 Å². The van der Waals surface area contributed by atoms with E-state index < -0.39 is 12.1 Å². The minimum absolute atomic E-state index is 0.0784. The fourth-order valence-corrected chi connectivity index (χ4v) is 7.56. The van der Waals surface area contributed by atoms with Crippen LogP contribution < -0.4 is 5.32 Å². The van der Waals surface area contributed by atoms with Crippen molar-refractivity contribution in [2.24, 2.45) is 0 Å². The molecule has 0 aromatic carbocycles. The van der Waals surface area contributed by atoms with E-state index in [4.69, 9.17) is 0 Å². The summed E-state index contributed by atoms with van der Waals surface area (Å²) in [7, 11) is 0. The molecule has 0 aromatic heterocycles. The molecule has 0 heterocycles. The van der Waals surface area contributed by atoms with Crippen LogP contribution in [0.1, 0.15) is 239 Å². The Bertz CT molecular complexity index is 1290. The Hall–Kier alpha value is -3.21. The number of hydrogen-bond acceptors (Lipinski definition) is 3. The number of carbonyl (C=O) groups excluding carboxylic acids is 1. The van der Waals surface area contributed by atoms with Crippen molar-refractivity contribution in [2.75, 3.05) is 6.61 Å². The largest absolute Gasteiger partial charge is 0.394 e. The molecule has 0 aliphatic heterocycles. The van der Waals surface area contributed by atoms with Crippen LogP contribution in [0.3, 0.4) is 0 Å². The quantitative estimate of drug-likeness (QED) is 0.0421. The second-order valence-electron chi connectivity index (χ2n) is 17.9. The van der Waals surface area contributed by atoms with Crippen molar-refractivity contribution >= 4 is 5.91 Å². The number of aliphatic hydroxyl groups excluding tert-OH is 2. The van der Waals surface area contributed by atoms with Crippen LogP contribution in [0.4, 0.5) is 0 Å². The van der Waals surface area contributed by atoms with Gasteiger partial charge in [0, 0.05) is 6.42 Å². The number of allylic oxidation sites excluding steroid dienone is 19. The van der Waals surface area contributed by atoms with Gasteiger partial charge in [-0.1, -0.05) is 257 Å². The van der Waals surface area contributed by atoms with Gasteiger partial charge in [0.05, 0.1) is 18.8 Å². The maximum absolute atomic E-state index is 12.4. The topological polar surface area (TPSA) is 69.6 Å². The van der Waals surface area contributed by atoms with Gasteiger partial charge >= 0.3 is 0 Å². The summed E-state index contributed by atoms with van der Waals surface area (Å²) in [6.07, 6.45) is 85.0. The molecular weight excluding hydrogens is 795 g/mol. The average Bonchev–Trinajstić information content (AvgIpc) is 3.31. The molecule has 0 spiro atoms. The van der Waals surface area contributed by atoms with Crippen LogP contribution in [-0.2, 0) is 4.79 Å². The summed E-state index contributed by atoms with van der Waals surface area (Å²) in [5, 5.41) is 23.0. The lowest BCUT2D eigenvalue weighted by Gasteiger charge is -2.19. The number of nitrogens with one attached hydrogen (secondary N) is 1. The summed E-state index contributed by atoms with van der Waals surface area (Å²) < 4.78 is 0. The van der Waals surface area contributed by atoms with Crippen molar-refractivity contribution in [1.82, 2.24) is 5.32 Å². The van der Waals surface area contributed by atoms with E-state index >= 15 is 0 Å². The molecule has 0 bridgehead atoms. The molecule has 65 heavy (non-hydrogen) atoms. The molecule has 0 aliphatic rings. The Labute approximate surface area is 403 Å². The molecule has 4 heteroatoms. The molecule has 0 rings (SSSR count). The Morgan fingerprint density at radius 2 is 0.692 bits per heavy atom. The number of hydrogen-bond donors (Lipinski definition) is 3. The molecular formula is C61H103NO3. The van der Waals surface area contributed by atoms with Crippen molar-refractivity contribution in [3.63, 3.8) is 0 Å². The number of aliphatic hydroxyl groups is 2. The van der Waals surface area contributed by atoms with Gasteiger partial charge in [0.2, 0.25) is 5.91 Å². The van der Waals surface area contributed by atoms with E-state index in [9.17, 15) is 15.0 Å². The van der Waals surface area contributed by atoms with Crippen molar-refractivity contribution in [2.45, 2.75) is 251 Å². The van der Waals surface area contributed by atoms with Gasteiger partial charge in [-0.3, -0.25) is 4.79 Å². The third-order valence-corrected chi connectivity index (χ3v) is 11.7. The summed E-state index contributed by atoms with van der Waals surface area (Å²) in [6.45, 7) is 4.16. The minimum Gasteiger partial charge on any atom is -0.394 e. The summed E-state index contributed by atoms with van der Waals surface area (Å²) in [5.74, 6) is -0.0784. The number of carbonyl (C=O) groups is 1. The fourth-order valence-electron chi connectivity index (χ4n) is 7.56. The second-order valence-corrected chi connectivity index (χ2v) is 17.9. The molecule has 0 aromatic rings. The predicted octanol–water partition coefficient (Wildman–Crippen LogP) is 18.1. The second kappa shape index (κ2) is 55.1. The average molecular weight is 898 g/mol. The van der Waals surface area contributed by atoms with Crippen LogP contribution in [0.25, 0.3) is 0 Å². The van der Waals surface area contributed by atoms with Crippen LogP contribution in [0.15, 0.2) is 122 Å². The standard InChI is InChI=1S/C61H103NO3/c1-3-5-7-9-11-13-15-17-18-19-20-21-22-23-24-25-26-27-28-29-30-31-32-33-34-35-36-37-38-39-40-41-42-43-44-45-47-49-51-53-55-57-61(65)62-59(58-63)60(64)56-54-52-50-48-46-16-14-12-10-8-6-4-2/h5,7,11,13,17-18,20-21,23-24,26-27,29-30,32-33,46,48,54,56,59-60,63-64H,3-4,6,8-10,12,14-16,19,22,25,28,31,34-45,47,49-53,55,57-58H2,1-2H3,(H,62,65)/b7-5-,13-11-,18-17-,21-20-,24-23-,27-26-,30-29-,33-32-,48-46+,56-54+. The highest BCUT2D eigenvalue weighted by Gasteiger charge is 2.17. The lowest BCUT2D eigenvalue weighted by Crippen LogP contribution is -2.45. The van der Waals surface area contributed by atoms with Gasteiger partial charge in [-0.25, -0.2) is 0 Å². The van der Waals surface area contributed by atoms with Gasteiger partial charge < -0.3 is 15.5 Å². The molecule has 2 unspecified atom stereocenters. The van der Waals surface area contributed by atoms with Crippen molar-refractivity contribution < 1.29 is 15.0 Å². The predicted molar refractivity (Wildman–Crippen MR) is 289 cm³/mol. The lowest BCUT2D eigenvalue weighted by molar-refractivity contribution is -0.123. The van der Waals surface area contributed by atoms with E-state index in [0.717, 1.165) is 83.5 Å². The molecule has 4 nitrogen and oxygen atoms in total. The molecule has 0 radical (unpaired) electrons. The molecule has 3 N–H and O–H groups in total. The number of rotatable bonds is 48. The summed E-state index contributed by atoms with van der Waals surface area (Å²) in [6, 6.07) is -0.643. The van der Waals surface area contributed by atoms with Crippen LogP contribution in [-0.4, -0.2) is 34.9 Å². The van der Waals surface area contributed by atoms with Crippen molar-refractivity contribution in [3.8, 4) is 0 Å². The zero-order valence-corrected chi connectivity index (χ0v) is 42.5. The molecule has 0 saturated heterocycles. The van der Waals surface area contributed by atoms with Crippen LogP contribution >= 0.6 is 0 Å². The van der Waals surface area contributed by atoms with E-state index in [0.29, 0.717) is 6.42 Å². The molecule has 0 aliphatic carbocycles. The Morgan fingerprint density at radius 1 is 0.385 bits per heavy atom. The van der Waals surface area contributed by atoms with Gasteiger partial charge in [-0.15, -0.1) is 0 Å². The molecule has 2 atom stereocenters. The van der Waals surface area contributed by atoms with Gasteiger partial charge in [-0.2, -0.15) is 0 Å². The Balaban J connectivity index is 3.53. The summed E-state index contributed by atoms with van der Waals surface area (Å²) in [5.41, 5.74) is 0. The fraction of sp³-hybridized carbons (Fsp3) is 0.656. The first-order chi connectivity index (χ1) is 32.2. The highest BCUT2D eigenvalue weighted by atomic mass is 16.3. The molecule has 0 fully saturated rings. The van der Waals surface area contributed by atoms with Gasteiger partial charge in [0.15, 0.2) is 0 Å². The zero-order chi connectivity index (χ0) is 47.0. The highest BCUT2D eigenvalue weighted by Crippen LogP contribution is 2.15. The van der Waals surface area contributed by atoms with Gasteiger partial charge in [0.25, 0.3) is 0 Å². The van der Waals surface area contributed by atoms with Crippen LogP contribution in [0, 0.1) is 0 Å². The number of unbranched alkanes of at least 4 members (excludes halogenated alkanes) is 23. The zero-order valence-electron chi connectivity index (χ0n) is 42.5. The first kappa shape index (κ1) is 61.8. The van der Waals surface area contributed by atoms with Crippen LogP contribution in [0.5, 0.6) is 0 Å². The first-order valence-corrected chi connectivity index (χ1v) is 27.2. The monoisotopic (exact) mass is 898 g/mol. The highest BCUT2D eigenvalue weighted by molar-refractivity contribution is 5.76. The first-order valence-electron chi connectivity index (χ1n) is 27.2. The maximum atomic E-state index is 12.4. The van der Waals surface area contributed by atoms with Crippen molar-refractivity contribution in [1.29, 1.82) is 0 Å². The van der Waals surface area contributed by atoms with E-state index in [-0.39, 0.29) is 12.5 Å². The Morgan fingerprint density at radius 3 is 1.08 bits per heavy atom. The van der Waals surface area contributed by atoms with Crippen LogP contribution in [0.2, 0.25) is 0 Å². The molecule has 370 valence electrons.